The smallest absolute Gasteiger partial charge is 0.329 e. The summed E-state index contributed by atoms with van der Waals surface area (Å²) in [6.45, 7) is 0. The molecule has 0 spiro atoms. The highest BCUT2D eigenvalue weighted by molar-refractivity contribution is 8.14. The van der Waals surface area contributed by atoms with Crippen LogP contribution >= 0.6 is 11.8 Å². The van der Waals surface area contributed by atoms with Gasteiger partial charge in [0.2, 0.25) is 5.75 Å². The number of benzene rings is 1. The minimum atomic E-state index is -0.917. The van der Waals surface area contributed by atoms with Crippen molar-refractivity contribution in [2.45, 2.75) is 6.04 Å². The summed E-state index contributed by atoms with van der Waals surface area (Å²) < 4.78 is 15.8. The number of aliphatic imine (C=N–C) groups is 1. The van der Waals surface area contributed by atoms with Gasteiger partial charge in [0.25, 0.3) is 0 Å². The highest BCUT2D eigenvalue weighted by Crippen LogP contribution is 2.39. The Hall–Kier alpha value is -1.89. The molecule has 0 saturated carbocycles. The number of methoxy groups -OCH3 is 3. The molecule has 1 aromatic rings. The van der Waals surface area contributed by atoms with Crippen LogP contribution in [0.15, 0.2) is 17.1 Å². The lowest BCUT2D eigenvalue weighted by Crippen LogP contribution is -2.17. The van der Waals surface area contributed by atoms with Gasteiger partial charge in [0.15, 0.2) is 17.5 Å². The Bertz CT molecular complexity index is 533. The first-order valence-electron chi connectivity index (χ1n) is 5.84. The molecule has 0 aromatic heterocycles. The van der Waals surface area contributed by atoms with Crippen LogP contribution in [0.5, 0.6) is 17.2 Å². The molecule has 0 amide bonds. The second-order valence-electron chi connectivity index (χ2n) is 4.01. The fourth-order valence-electron chi connectivity index (χ4n) is 1.86. The fraction of sp³-hybridized carbons (Fsp3) is 0.385. The first-order valence-corrected chi connectivity index (χ1v) is 6.83. The zero-order valence-corrected chi connectivity index (χ0v) is 12.2. The van der Waals surface area contributed by atoms with Gasteiger partial charge in [0, 0.05) is 11.3 Å². The van der Waals surface area contributed by atoms with Crippen molar-refractivity contribution in [1.29, 1.82) is 0 Å². The number of nitrogens with zero attached hydrogens (tertiary/aromatic N) is 1. The number of carbonyl (C=O) groups is 1. The molecule has 108 valence electrons. The maximum Gasteiger partial charge on any atom is 0.329 e. The number of carboxylic acids is 1. The Morgan fingerprint density at radius 3 is 2.25 bits per heavy atom. The molecule has 0 bridgehead atoms. The van der Waals surface area contributed by atoms with Gasteiger partial charge in [-0.15, -0.1) is 11.8 Å². The van der Waals surface area contributed by atoms with E-state index in [2.05, 4.69) is 4.99 Å². The Morgan fingerprint density at radius 2 is 1.85 bits per heavy atom. The summed E-state index contributed by atoms with van der Waals surface area (Å²) in [6, 6.07) is 2.82. The molecule has 0 fully saturated rings. The lowest BCUT2D eigenvalue weighted by molar-refractivity contribution is -0.137. The standard InChI is InChI=1S/C13H15NO5S/c1-17-9-4-7(5-10(18-2)11(9)19-3)12-14-8(6-20-12)13(15)16/h4-5,8H,6H2,1-3H3,(H,15,16). The molecule has 1 aliphatic heterocycles. The lowest BCUT2D eigenvalue weighted by atomic mass is 10.2. The normalized spacial score (nSPS) is 17.6. The van der Waals surface area contributed by atoms with Gasteiger partial charge < -0.3 is 19.3 Å². The van der Waals surface area contributed by atoms with E-state index in [0.717, 1.165) is 5.56 Å². The van der Waals surface area contributed by atoms with Crippen LogP contribution in [-0.2, 0) is 4.79 Å². The van der Waals surface area contributed by atoms with Crippen molar-refractivity contribution in [3.63, 3.8) is 0 Å². The number of rotatable bonds is 5. The predicted octanol–water partition coefficient (Wildman–Crippen LogP) is 1.66. The van der Waals surface area contributed by atoms with Crippen LogP contribution in [0.25, 0.3) is 0 Å². The van der Waals surface area contributed by atoms with E-state index in [1.807, 2.05) is 0 Å². The zero-order valence-electron chi connectivity index (χ0n) is 11.4. The van der Waals surface area contributed by atoms with Crippen LogP contribution in [-0.4, -0.2) is 49.2 Å². The quantitative estimate of drug-likeness (QED) is 0.890. The summed E-state index contributed by atoms with van der Waals surface area (Å²) >= 11 is 1.40. The number of ether oxygens (including phenoxy) is 3. The number of carboxylic acid groups (broad SMARTS) is 1. The molecule has 2 rings (SSSR count). The maximum absolute atomic E-state index is 10.9. The second-order valence-corrected chi connectivity index (χ2v) is 5.02. The number of thioether (sulfide) groups is 1. The highest BCUT2D eigenvalue weighted by Gasteiger charge is 2.26. The van der Waals surface area contributed by atoms with E-state index in [4.69, 9.17) is 19.3 Å². The first-order chi connectivity index (χ1) is 9.60. The van der Waals surface area contributed by atoms with Crippen molar-refractivity contribution in [3.8, 4) is 17.2 Å². The van der Waals surface area contributed by atoms with Gasteiger partial charge in [-0.1, -0.05) is 0 Å². The molecule has 1 aliphatic rings. The van der Waals surface area contributed by atoms with Gasteiger partial charge in [0.1, 0.15) is 0 Å². The van der Waals surface area contributed by atoms with Gasteiger partial charge in [-0.2, -0.15) is 0 Å². The molecule has 20 heavy (non-hydrogen) atoms. The van der Waals surface area contributed by atoms with Gasteiger partial charge >= 0.3 is 5.97 Å². The first kappa shape index (κ1) is 14.5. The van der Waals surface area contributed by atoms with E-state index in [1.54, 1.807) is 12.1 Å². The lowest BCUT2D eigenvalue weighted by Gasteiger charge is -2.13. The molecule has 0 radical (unpaired) electrons. The van der Waals surface area contributed by atoms with E-state index in [-0.39, 0.29) is 0 Å². The van der Waals surface area contributed by atoms with Crippen LogP contribution < -0.4 is 14.2 Å². The van der Waals surface area contributed by atoms with Gasteiger partial charge in [-0.3, -0.25) is 4.99 Å². The van der Waals surface area contributed by atoms with Gasteiger partial charge in [-0.25, -0.2) is 4.79 Å². The Labute approximate surface area is 120 Å². The molecule has 1 N–H and O–H groups in total. The van der Waals surface area contributed by atoms with Crippen molar-refractivity contribution in [3.05, 3.63) is 17.7 Å². The molecule has 1 heterocycles. The third kappa shape index (κ3) is 2.67. The van der Waals surface area contributed by atoms with Crippen LogP contribution in [0, 0.1) is 0 Å². The molecule has 1 unspecified atom stereocenters. The summed E-state index contributed by atoms with van der Waals surface area (Å²) in [6.07, 6.45) is 0. The Balaban J connectivity index is 2.43. The molecular formula is C13H15NO5S. The molecule has 1 aromatic carbocycles. The van der Waals surface area contributed by atoms with E-state index in [9.17, 15) is 4.79 Å². The molecule has 0 aliphatic carbocycles. The highest BCUT2D eigenvalue weighted by atomic mass is 32.2. The largest absolute Gasteiger partial charge is 0.493 e. The monoisotopic (exact) mass is 297 g/mol. The minimum Gasteiger partial charge on any atom is -0.493 e. The number of hydrogen-bond donors (Lipinski definition) is 1. The van der Waals surface area contributed by atoms with Crippen molar-refractivity contribution in [2.24, 2.45) is 4.99 Å². The van der Waals surface area contributed by atoms with E-state index >= 15 is 0 Å². The third-order valence-corrected chi connectivity index (χ3v) is 3.94. The van der Waals surface area contributed by atoms with E-state index in [1.165, 1.54) is 33.1 Å². The molecule has 7 heteroatoms. The van der Waals surface area contributed by atoms with Gasteiger partial charge in [0.05, 0.1) is 26.4 Å². The molecule has 1 atom stereocenters. The van der Waals surface area contributed by atoms with Crippen molar-refractivity contribution in [1.82, 2.24) is 0 Å². The topological polar surface area (TPSA) is 77.4 Å². The average molecular weight is 297 g/mol. The summed E-state index contributed by atoms with van der Waals surface area (Å²) in [5.41, 5.74) is 0.758. The Kier molecular flexibility index (Phi) is 4.39. The molecule has 6 nitrogen and oxygen atoms in total. The summed E-state index contributed by atoms with van der Waals surface area (Å²) in [5, 5.41) is 9.64. The van der Waals surface area contributed by atoms with Crippen LogP contribution in [0.2, 0.25) is 0 Å². The summed E-state index contributed by atoms with van der Waals surface area (Å²) in [4.78, 5) is 15.1. The zero-order chi connectivity index (χ0) is 14.7. The summed E-state index contributed by atoms with van der Waals surface area (Å²) in [5.74, 6) is 1.05. The van der Waals surface area contributed by atoms with Crippen molar-refractivity contribution < 1.29 is 24.1 Å². The van der Waals surface area contributed by atoms with Crippen molar-refractivity contribution >= 4 is 22.8 Å². The third-order valence-electron chi connectivity index (χ3n) is 2.85. The van der Waals surface area contributed by atoms with Gasteiger partial charge in [-0.05, 0) is 12.1 Å². The molecule has 0 saturated heterocycles. The van der Waals surface area contributed by atoms with E-state index < -0.39 is 12.0 Å². The maximum atomic E-state index is 10.9. The minimum absolute atomic E-state index is 0.432. The van der Waals surface area contributed by atoms with Crippen molar-refractivity contribution in [2.75, 3.05) is 27.1 Å². The average Bonchev–Trinajstić information content (AvgIpc) is 2.95. The predicted molar refractivity (Wildman–Crippen MR) is 76.5 cm³/mol. The Morgan fingerprint density at radius 1 is 1.25 bits per heavy atom. The number of aliphatic carboxylic acids is 1. The fourth-order valence-corrected chi connectivity index (χ4v) is 2.88. The molecular weight excluding hydrogens is 282 g/mol. The second kappa shape index (κ2) is 6.04. The van der Waals surface area contributed by atoms with Crippen LogP contribution in [0.4, 0.5) is 0 Å². The SMILES string of the molecule is COc1cc(C2=NC(C(=O)O)CS2)cc(OC)c1OC. The number of hydrogen-bond acceptors (Lipinski definition) is 6. The van der Waals surface area contributed by atoms with Crippen LogP contribution in [0.3, 0.4) is 0 Å². The van der Waals surface area contributed by atoms with Crippen LogP contribution in [0.1, 0.15) is 5.56 Å². The van der Waals surface area contributed by atoms with E-state index in [0.29, 0.717) is 28.0 Å². The summed E-state index contributed by atoms with van der Waals surface area (Å²) in [7, 11) is 4.60.